The first kappa shape index (κ1) is 27.6. The number of nitrogens with two attached hydrogens (primary N) is 1. The Bertz CT molecular complexity index is 407. The van der Waals surface area contributed by atoms with Gasteiger partial charge < -0.3 is 15.2 Å². The maximum atomic E-state index is 10.2. The lowest BCUT2D eigenvalue weighted by Crippen LogP contribution is -2.82. The number of quaternary nitrogens is 1. The van der Waals surface area contributed by atoms with E-state index in [9.17, 15) is 9.90 Å². The molecule has 0 aromatic rings. The van der Waals surface area contributed by atoms with Crippen molar-refractivity contribution in [1.82, 2.24) is 0 Å². The van der Waals surface area contributed by atoms with E-state index in [-0.39, 0.29) is 6.42 Å². The van der Waals surface area contributed by atoms with E-state index < -0.39 is 5.97 Å². The molecule has 0 fully saturated rings. The molecule has 2 N–H and O–H groups in total. The largest absolute Gasteiger partial charge is 0.550 e. The average Bonchev–Trinajstić information content (AvgIpc) is 2.65. The number of carboxylic acids is 1. The third kappa shape index (κ3) is 32.5. The Morgan fingerprint density at radius 2 is 1.15 bits per heavy atom. The zero-order chi connectivity index (χ0) is 20.4. The molecule has 0 saturated carbocycles. The van der Waals surface area contributed by atoms with Gasteiger partial charge in [-0.3, -0.25) is 0 Å². The molecule has 156 valence electrons. The van der Waals surface area contributed by atoms with Gasteiger partial charge >= 0.3 is 0 Å². The van der Waals surface area contributed by atoms with Gasteiger partial charge in [-0.2, -0.15) is 0 Å². The van der Waals surface area contributed by atoms with Crippen molar-refractivity contribution in [3.05, 3.63) is 48.6 Å². The first-order valence-electron chi connectivity index (χ1n) is 10.8. The Morgan fingerprint density at radius 3 is 1.52 bits per heavy atom. The second kappa shape index (κ2) is 26.6. The summed E-state index contributed by atoms with van der Waals surface area (Å²) in [5.41, 5.74) is 0. The summed E-state index contributed by atoms with van der Waals surface area (Å²) >= 11 is 0. The number of rotatable bonds is 16. The number of unbranched alkanes of at least 4 members (excludes halogenated alkanes) is 4. The van der Waals surface area contributed by atoms with E-state index in [1.807, 2.05) is 6.08 Å². The van der Waals surface area contributed by atoms with E-state index in [2.05, 4.69) is 68.6 Å². The molecule has 0 aromatic carbocycles. The minimum absolute atomic E-state index is 0.151. The van der Waals surface area contributed by atoms with Crippen LogP contribution < -0.4 is 10.4 Å². The van der Waals surface area contributed by atoms with E-state index in [0.29, 0.717) is 6.42 Å². The zero-order valence-corrected chi connectivity index (χ0v) is 18.0. The van der Waals surface area contributed by atoms with Crippen LogP contribution in [0.5, 0.6) is 0 Å². The van der Waals surface area contributed by atoms with Gasteiger partial charge in [-0.05, 0) is 65.2 Å². The number of allylic oxidation sites excluding steroid dienone is 8. The van der Waals surface area contributed by atoms with Crippen molar-refractivity contribution in [2.45, 2.75) is 85.0 Å². The molecule has 0 amide bonds. The van der Waals surface area contributed by atoms with Crippen molar-refractivity contribution in [2.75, 3.05) is 13.1 Å². The van der Waals surface area contributed by atoms with Gasteiger partial charge in [0.15, 0.2) is 0 Å². The van der Waals surface area contributed by atoms with Crippen molar-refractivity contribution in [2.24, 2.45) is 0 Å². The Morgan fingerprint density at radius 1 is 0.704 bits per heavy atom. The lowest BCUT2D eigenvalue weighted by atomic mass is 10.2. The molecule has 0 rings (SSSR count). The maximum absolute atomic E-state index is 10.2. The van der Waals surface area contributed by atoms with Crippen LogP contribution in [0, 0.1) is 0 Å². The second-order valence-corrected chi connectivity index (χ2v) is 6.46. The zero-order valence-electron chi connectivity index (χ0n) is 18.0. The molecule has 0 radical (unpaired) electrons. The fourth-order valence-electron chi connectivity index (χ4n) is 2.21. The third-order valence-electron chi connectivity index (χ3n) is 3.79. The molecule has 0 aromatic heterocycles. The van der Waals surface area contributed by atoms with Crippen LogP contribution in [-0.2, 0) is 4.79 Å². The molecule has 3 heteroatoms. The Hall–Kier alpha value is -1.61. The van der Waals surface area contributed by atoms with Crippen molar-refractivity contribution < 1.29 is 15.2 Å². The predicted molar refractivity (Wildman–Crippen MR) is 116 cm³/mol. The van der Waals surface area contributed by atoms with Crippen LogP contribution >= 0.6 is 0 Å². The fraction of sp³-hybridized carbons (Fsp3) is 0.625. The van der Waals surface area contributed by atoms with E-state index in [0.717, 1.165) is 25.7 Å². The molecule has 0 saturated heterocycles. The van der Waals surface area contributed by atoms with Crippen molar-refractivity contribution in [1.29, 1.82) is 0 Å². The molecule has 0 unspecified atom stereocenters. The smallest absolute Gasteiger partial charge is 0.0726 e. The predicted octanol–water partition coefficient (Wildman–Crippen LogP) is 4.47. The normalized spacial score (nSPS) is 11.7. The van der Waals surface area contributed by atoms with Gasteiger partial charge in [-0.15, -0.1) is 0 Å². The average molecular weight is 378 g/mol. The number of carbonyl (C=O) groups is 1. The van der Waals surface area contributed by atoms with Gasteiger partial charge in [0.1, 0.15) is 0 Å². The molecular formula is C24H43NO2. The number of carbonyl (C=O) groups excluding carboxylic acids is 1. The van der Waals surface area contributed by atoms with Gasteiger partial charge in [-0.25, -0.2) is 0 Å². The summed E-state index contributed by atoms with van der Waals surface area (Å²) in [6.45, 7) is 8.98. The summed E-state index contributed by atoms with van der Waals surface area (Å²) in [5.74, 6) is -0.962. The molecule has 0 heterocycles. The number of aliphatic carboxylic acids is 1. The highest BCUT2D eigenvalue weighted by Gasteiger charge is 1.84. The highest BCUT2D eigenvalue weighted by molar-refractivity contribution is 5.64. The van der Waals surface area contributed by atoms with Crippen molar-refractivity contribution in [3.63, 3.8) is 0 Å². The van der Waals surface area contributed by atoms with Crippen LogP contribution in [0.2, 0.25) is 0 Å². The SMILES string of the molecule is CCCCC/C=C\C/C=C\C/C=C\C/C=C\CCCC(=O)[O-].CC[NH2+]CC. The standard InChI is InChI=1S/C20H32O2.C4H11N/c1-2-3-4-5-6-7-8-9-10-11-12-13-14-15-16-17-18-19-20(21)22;1-3-5-4-2/h6-7,9-10,12-13,15-16H,2-5,8,11,14,17-19H2,1H3,(H,21,22);5H,3-4H2,1-2H3/b7-6-,10-9-,13-12-,16-15-;. The summed E-state index contributed by atoms with van der Waals surface area (Å²) in [4.78, 5) is 10.2. The monoisotopic (exact) mass is 377 g/mol. The van der Waals surface area contributed by atoms with Crippen molar-refractivity contribution in [3.8, 4) is 0 Å². The first-order chi connectivity index (χ1) is 13.2. The minimum atomic E-state index is -0.962. The quantitative estimate of drug-likeness (QED) is 0.319. The number of hydrogen-bond donors (Lipinski definition) is 1. The van der Waals surface area contributed by atoms with Gasteiger partial charge in [-0.1, -0.05) is 68.4 Å². The molecule has 0 spiro atoms. The lowest BCUT2D eigenvalue weighted by molar-refractivity contribution is -0.648. The van der Waals surface area contributed by atoms with Gasteiger partial charge in [0.25, 0.3) is 0 Å². The minimum Gasteiger partial charge on any atom is -0.550 e. The van der Waals surface area contributed by atoms with E-state index in [4.69, 9.17) is 0 Å². The molecular weight excluding hydrogens is 334 g/mol. The first-order valence-corrected chi connectivity index (χ1v) is 10.8. The highest BCUT2D eigenvalue weighted by Crippen LogP contribution is 2.01. The maximum Gasteiger partial charge on any atom is 0.0726 e. The van der Waals surface area contributed by atoms with Gasteiger partial charge in [0, 0.05) is 5.97 Å². The Kier molecular flexibility index (Phi) is 27.2. The molecule has 0 aliphatic carbocycles. The van der Waals surface area contributed by atoms with Crippen LogP contribution in [0.1, 0.15) is 85.0 Å². The second-order valence-electron chi connectivity index (χ2n) is 6.46. The third-order valence-corrected chi connectivity index (χ3v) is 3.79. The topological polar surface area (TPSA) is 56.7 Å². The summed E-state index contributed by atoms with van der Waals surface area (Å²) < 4.78 is 0. The summed E-state index contributed by atoms with van der Waals surface area (Å²) in [6.07, 6.45) is 27.0. The number of carboxylic acid groups (broad SMARTS) is 1. The molecule has 0 aliphatic heterocycles. The van der Waals surface area contributed by atoms with Crippen LogP contribution in [0.15, 0.2) is 48.6 Å². The Balaban J connectivity index is 0. The van der Waals surface area contributed by atoms with Gasteiger partial charge in [0.05, 0.1) is 13.1 Å². The van der Waals surface area contributed by atoms with Crippen LogP contribution in [0.25, 0.3) is 0 Å². The van der Waals surface area contributed by atoms with Gasteiger partial charge in [0.2, 0.25) is 0 Å². The van der Waals surface area contributed by atoms with Crippen molar-refractivity contribution >= 4 is 5.97 Å². The number of hydrogen-bond acceptors (Lipinski definition) is 2. The lowest BCUT2D eigenvalue weighted by Gasteiger charge is -1.97. The fourth-order valence-corrected chi connectivity index (χ4v) is 2.21. The van der Waals surface area contributed by atoms with Crippen LogP contribution in [0.3, 0.4) is 0 Å². The highest BCUT2D eigenvalue weighted by atomic mass is 16.4. The van der Waals surface area contributed by atoms with E-state index >= 15 is 0 Å². The molecule has 0 atom stereocenters. The molecule has 27 heavy (non-hydrogen) atoms. The van der Waals surface area contributed by atoms with E-state index in [1.54, 1.807) is 0 Å². The summed E-state index contributed by atoms with van der Waals surface area (Å²) in [6, 6.07) is 0. The van der Waals surface area contributed by atoms with Crippen LogP contribution in [-0.4, -0.2) is 19.1 Å². The molecule has 0 aliphatic rings. The summed E-state index contributed by atoms with van der Waals surface area (Å²) in [7, 11) is 0. The summed E-state index contributed by atoms with van der Waals surface area (Å²) in [5, 5.41) is 12.5. The Labute approximate surface area is 168 Å². The van der Waals surface area contributed by atoms with Crippen LogP contribution in [0.4, 0.5) is 0 Å². The molecule has 3 nitrogen and oxygen atoms in total. The molecule has 0 bridgehead atoms. The van der Waals surface area contributed by atoms with E-state index in [1.165, 1.54) is 38.8 Å².